The van der Waals surface area contributed by atoms with E-state index in [0.29, 0.717) is 19.0 Å². The molecule has 1 fully saturated rings. The third-order valence-electron chi connectivity index (χ3n) is 3.42. The maximum Gasteiger partial charge on any atom is 0.246 e. The Balaban J connectivity index is 0.00000200. The summed E-state index contributed by atoms with van der Waals surface area (Å²) in [6, 6.07) is 1.46. The number of halogens is 3. The van der Waals surface area contributed by atoms with E-state index in [-0.39, 0.29) is 24.0 Å². The Morgan fingerprint density at radius 1 is 1.30 bits per heavy atom. The van der Waals surface area contributed by atoms with Crippen molar-refractivity contribution >= 4 is 22.4 Å². The molecule has 1 aliphatic heterocycles. The molecular weight excluding hydrogens is 310 g/mol. The predicted molar refractivity (Wildman–Crippen MR) is 74.6 cm³/mol. The number of hydrogen-bond acceptors (Lipinski definition) is 3. The fraction of sp³-hybridized carbons (Fsp3) is 0.500. The second-order valence-corrected chi connectivity index (χ2v) is 6.67. The number of nitrogens with zero attached hydrogens (tertiary/aromatic N) is 1. The van der Waals surface area contributed by atoms with Gasteiger partial charge in [0.25, 0.3) is 0 Å². The molecular formula is C12H17ClF2N2O2S. The van der Waals surface area contributed by atoms with Crippen molar-refractivity contribution in [3.8, 4) is 0 Å². The molecule has 1 saturated heterocycles. The minimum absolute atomic E-state index is 0. The summed E-state index contributed by atoms with van der Waals surface area (Å²) in [5.41, 5.74) is 0.109. The first-order valence-corrected chi connectivity index (χ1v) is 7.42. The Labute approximate surface area is 123 Å². The maximum atomic E-state index is 13.7. The van der Waals surface area contributed by atoms with Gasteiger partial charge in [-0.25, -0.2) is 17.2 Å². The second kappa shape index (κ2) is 6.34. The molecule has 0 saturated carbocycles. The number of nitrogens with one attached hydrogen (secondary N) is 1. The van der Waals surface area contributed by atoms with E-state index in [0.717, 1.165) is 16.9 Å². The zero-order valence-corrected chi connectivity index (χ0v) is 12.8. The van der Waals surface area contributed by atoms with Gasteiger partial charge in [0.2, 0.25) is 10.0 Å². The van der Waals surface area contributed by atoms with Crippen LogP contribution in [-0.2, 0) is 10.0 Å². The molecule has 0 aromatic heterocycles. The van der Waals surface area contributed by atoms with Gasteiger partial charge in [-0.3, -0.25) is 0 Å². The van der Waals surface area contributed by atoms with Gasteiger partial charge in [-0.15, -0.1) is 12.4 Å². The smallest absolute Gasteiger partial charge is 0.246 e. The molecule has 1 N–H and O–H groups in total. The highest BCUT2D eigenvalue weighted by atomic mass is 35.5. The lowest BCUT2D eigenvalue weighted by Crippen LogP contribution is -2.38. The molecule has 1 aromatic carbocycles. The summed E-state index contributed by atoms with van der Waals surface area (Å²) in [6.45, 7) is 2.68. The van der Waals surface area contributed by atoms with Gasteiger partial charge < -0.3 is 5.32 Å². The minimum Gasteiger partial charge on any atom is -0.315 e. The molecule has 114 valence electrons. The molecule has 1 unspecified atom stereocenters. The number of likely N-dealkylation sites (N-methyl/N-ethyl adjacent to an activating group) is 1. The molecule has 0 radical (unpaired) electrons. The first-order chi connectivity index (χ1) is 8.84. The topological polar surface area (TPSA) is 49.4 Å². The molecule has 0 amide bonds. The van der Waals surface area contributed by atoms with Crippen LogP contribution in [0.15, 0.2) is 17.0 Å². The Morgan fingerprint density at radius 2 is 1.95 bits per heavy atom. The summed E-state index contributed by atoms with van der Waals surface area (Å²) in [6.07, 6.45) is 0.678. The van der Waals surface area contributed by atoms with Crippen LogP contribution >= 0.6 is 12.4 Å². The third-order valence-corrected chi connectivity index (χ3v) is 5.34. The van der Waals surface area contributed by atoms with Crippen molar-refractivity contribution in [1.82, 2.24) is 9.62 Å². The molecule has 0 spiro atoms. The first-order valence-electron chi connectivity index (χ1n) is 5.98. The lowest BCUT2D eigenvalue weighted by atomic mass is 10.2. The maximum absolute atomic E-state index is 13.7. The van der Waals surface area contributed by atoms with E-state index < -0.39 is 26.6 Å². The Morgan fingerprint density at radius 3 is 2.50 bits per heavy atom. The fourth-order valence-electron chi connectivity index (χ4n) is 2.13. The Bertz CT molecular complexity index is 589. The van der Waals surface area contributed by atoms with Gasteiger partial charge in [0.05, 0.1) is 0 Å². The van der Waals surface area contributed by atoms with Crippen LogP contribution in [0.1, 0.15) is 12.0 Å². The molecule has 1 heterocycles. The molecule has 0 aliphatic carbocycles. The van der Waals surface area contributed by atoms with Crippen LogP contribution in [0.4, 0.5) is 8.78 Å². The molecule has 0 bridgehead atoms. The molecule has 4 nitrogen and oxygen atoms in total. The van der Waals surface area contributed by atoms with Gasteiger partial charge in [0.15, 0.2) is 0 Å². The molecule has 8 heteroatoms. The van der Waals surface area contributed by atoms with Crippen LogP contribution in [0.3, 0.4) is 0 Å². The quantitative estimate of drug-likeness (QED) is 0.919. The van der Waals surface area contributed by atoms with Crippen molar-refractivity contribution < 1.29 is 17.2 Å². The van der Waals surface area contributed by atoms with E-state index in [1.807, 2.05) is 0 Å². The number of hydrogen-bond donors (Lipinski definition) is 1. The van der Waals surface area contributed by atoms with E-state index in [2.05, 4.69) is 5.32 Å². The van der Waals surface area contributed by atoms with Crippen molar-refractivity contribution in [1.29, 1.82) is 0 Å². The number of benzene rings is 1. The third kappa shape index (κ3) is 3.11. The fourth-order valence-corrected chi connectivity index (χ4v) is 3.64. The lowest BCUT2D eigenvalue weighted by Gasteiger charge is -2.23. The van der Waals surface area contributed by atoms with Gasteiger partial charge in [-0.2, -0.15) is 4.31 Å². The molecule has 1 aliphatic rings. The number of sulfonamides is 1. The monoisotopic (exact) mass is 326 g/mol. The van der Waals surface area contributed by atoms with Crippen molar-refractivity contribution in [3.05, 3.63) is 29.3 Å². The molecule has 20 heavy (non-hydrogen) atoms. The number of rotatable bonds is 3. The van der Waals surface area contributed by atoms with E-state index in [9.17, 15) is 17.2 Å². The SMILES string of the molecule is Cc1cc(S(=O)(=O)N(C)C2CCNC2)c(F)cc1F.Cl. The van der Waals surface area contributed by atoms with Crippen LogP contribution in [0.2, 0.25) is 0 Å². The van der Waals surface area contributed by atoms with Crippen LogP contribution in [-0.4, -0.2) is 38.9 Å². The summed E-state index contributed by atoms with van der Waals surface area (Å²) in [5, 5.41) is 3.05. The number of aryl methyl sites for hydroxylation is 1. The minimum atomic E-state index is -3.94. The van der Waals surface area contributed by atoms with Crippen LogP contribution in [0, 0.1) is 18.6 Å². The van der Waals surface area contributed by atoms with Crippen LogP contribution < -0.4 is 5.32 Å². The Hall–Kier alpha value is -0.760. The summed E-state index contributed by atoms with van der Waals surface area (Å²) in [7, 11) is -2.52. The highest BCUT2D eigenvalue weighted by Gasteiger charge is 2.32. The van der Waals surface area contributed by atoms with Gasteiger partial charge in [0.1, 0.15) is 16.5 Å². The molecule has 1 atom stereocenters. The summed E-state index contributed by atoms with van der Waals surface area (Å²) in [4.78, 5) is -0.471. The highest BCUT2D eigenvalue weighted by Crippen LogP contribution is 2.24. The van der Waals surface area contributed by atoms with E-state index >= 15 is 0 Å². The van der Waals surface area contributed by atoms with Crippen molar-refractivity contribution in [2.75, 3.05) is 20.1 Å². The normalized spacial score (nSPS) is 19.1. The van der Waals surface area contributed by atoms with Gasteiger partial charge in [-0.1, -0.05) is 0 Å². The average molecular weight is 327 g/mol. The van der Waals surface area contributed by atoms with Crippen molar-refractivity contribution in [2.45, 2.75) is 24.3 Å². The summed E-state index contributed by atoms with van der Waals surface area (Å²) < 4.78 is 52.7. The van der Waals surface area contributed by atoms with Crippen molar-refractivity contribution in [2.24, 2.45) is 0 Å². The highest BCUT2D eigenvalue weighted by molar-refractivity contribution is 7.89. The summed E-state index contributed by atoms with van der Waals surface area (Å²) >= 11 is 0. The van der Waals surface area contributed by atoms with Gasteiger partial charge in [0, 0.05) is 25.7 Å². The summed E-state index contributed by atoms with van der Waals surface area (Å²) in [5.74, 6) is -1.80. The zero-order valence-electron chi connectivity index (χ0n) is 11.2. The first kappa shape index (κ1) is 17.3. The van der Waals surface area contributed by atoms with E-state index in [1.165, 1.54) is 14.0 Å². The van der Waals surface area contributed by atoms with Gasteiger partial charge in [-0.05, 0) is 31.5 Å². The van der Waals surface area contributed by atoms with Gasteiger partial charge >= 0.3 is 0 Å². The van der Waals surface area contributed by atoms with E-state index in [4.69, 9.17) is 0 Å². The predicted octanol–water partition coefficient (Wildman–Crippen LogP) is 1.68. The second-order valence-electron chi connectivity index (χ2n) is 4.70. The van der Waals surface area contributed by atoms with E-state index in [1.54, 1.807) is 0 Å². The zero-order chi connectivity index (χ0) is 14.2. The average Bonchev–Trinajstić information content (AvgIpc) is 2.86. The Kier molecular flexibility index (Phi) is 5.48. The molecule has 1 aromatic rings. The standard InChI is InChI=1S/C12H16F2N2O2S.ClH/c1-8-5-12(11(14)6-10(8)13)19(17,18)16(2)9-3-4-15-7-9;/h5-6,9,15H,3-4,7H2,1-2H3;1H. The lowest BCUT2D eigenvalue weighted by molar-refractivity contribution is 0.384. The largest absolute Gasteiger partial charge is 0.315 e. The van der Waals surface area contributed by atoms with Crippen molar-refractivity contribution in [3.63, 3.8) is 0 Å². The van der Waals surface area contributed by atoms with Crippen LogP contribution in [0.25, 0.3) is 0 Å². The van der Waals surface area contributed by atoms with Crippen LogP contribution in [0.5, 0.6) is 0 Å². The molecule has 2 rings (SSSR count).